The van der Waals surface area contributed by atoms with Crippen molar-refractivity contribution in [2.75, 3.05) is 5.32 Å². The van der Waals surface area contributed by atoms with Crippen molar-refractivity contribution in [1.29, 1.82) is 0 Å². The predicted molar refractivity (Wildman–Crippen MR) is 84.6 cm³/mol. The number of halogens is 3. The number of hydrogen-bond donors (Lipinski definition) is 1. The van der Waals surface area contributed by atoms with Crippen LogP contribution < -0.4 is 5.32 Å². The van der Waals surface area contributed by atoms with E-state index in [9.17, 15) is 10.1 Å². The minimum atomic E-state index is -0.447. The molecule has 2 rings (SSSR count). The highest BCUT2D eigenvalue weighted by atomic mass is 79.9. The Labute approximate surface area is 134 Å². The largest absolute Gasteiger partial charge is 0.381 e. The molecular weight excluding hydrogens is 367 g/mol. The monoisotopic (exact) mass is 374 g/mol. The SMILES string of the molecule is O=[N+]([O-])c1cc(NCc2c(Cl)cccc2Cl)ccc1Br. The molecular formula is C13H9BrCl2N2O2. The second kappa shape index (κ2) is 6.43. The first-order valence-electron chi connectivity index (χ1n) is 5.59. The van der Waals surface area contributed by atoms with Crippen LogP contribution >= 0.6 is 39.1 Å². The Morgan fingerprint density at radius 3 is 2.45 bits per heavy atom. The van der Waals surface area contributed by atoms with Gasteiger partial charge in [-0.15, -0.1) is 0 Å². The van der Waals surface area contributed by atoms with Crippen LogP contribution in [-0.4, -0.2) is 4.92 Å². The third-order valence-corrected chi connectivity index (χ3v) is 4.05. The molecule has 1 N–H and O–H groups in total. The van der Waals surface area contributed by atoms with Crippen LogP contribution in [0.15, 0.2) is 40.9 Å². The Kier molecular flexibility index (Phi) is 4.86. The van der Waals surface area contributed by atoms with E-state index in [1.807, 2.05) is 0 Å². The maximum absolute atomic E-state index is 10.9. The normalized spacial score (nSPS) is 10.3. The van der Waals surface area contributed by atoms with Gasteiger partial charge in [0, 0.05) is 33.9 Å². The lowest BCUT2D eigenvalue weighted by Crippen LogP contribution is -2.01. The van der Waals surface area contributed by atoms with E-state index >= 15 is 0 Å². The number of hydrogen-bond acceptors (Lipinski definition) is 3. The van der Waals surface area contributed by atoms with E-state index in [1.165, 1.54) is 6.07 Å². The summed E-state index contributed by atoms with van der Waals surface area (Å²) in [5.74, 6) is 0. The van der Waals surface area contributed by atoms with Gasteiger partial charge in [0.05, 0.1) is 9.40 Å². The average Bonchev–Trinajstić information content (AvgIpc) is 2.39. The molecule has 4 nitrogen and oxygen atoms in total. The van der Waals surface area contributed by atoms with Crippen molar-refractivity contribution in [3.63, 3.8) is 0 Å². The Morgan fingerprint density at radius 1 is 1.20 bits per heavy atom. The molecule has 20 heavy (non-hydrogen) atoms. The topological polar surface area (TPSA) is 55.2 Å². The molecule has 0 aliphatic rings. The highest BCUT2D eigenvalue weighted by Crippen LogP contribution is 2.29. The zero-order chi connectivity index (χ0) is 14.7. The molecule has 104 valence electrons. The van der Waals surface area contributed by atoms with Crippen molar-refractivity contribution in [2.45, 2.75) is 6.54 Å². The van der Waals surface area contributed by atoms with Crippen LogP contribution in [0.5, 0.6) is 0 Å². The van der Waals surface area contributed by atoms with Crippen LogP contribution in [-0.2, 0) is 6.54 Å². The van der Waals surface area contributed by atoms with Crippen molar-refractivity contribution < 1.29 is 4.92 Å². The molecule has 0 saturated carbocycles. The molecule has 0 amide bonds. The van der Waals surface area contributed by atoms with Crippen molar-refractivity contribution in [3.8, 4) is 0 Å². The molecule has 0 fully saturated rings. The Bertz CT molecular complexity index is 645. The molecule has 0 saturated heterocycles. The van der Waals surface area contributed by atoms with E-state index < -0.39 is 4.92 Å². The van der Waals surface area contributed by atoms with Crippen LogP contribution in [0.3, 0.4) is 0 Å². The van der Waals surface area contributed by atoms with Crippen LogP contribution in [0.2, 0.25) is 10.0 Å². The minimum absolute atomic E-state index is 0.000237. The standard InChI is InChI=1S/C13H9BrCl2N2O2/c14-10-5-4-8(6-13(10)18(19)20)17-7-9-11(15)2-1-3-12(9)16/h1-6,17H,7H2. The molecule has 0 unspecified atom stereocenters. The van der Waals surface area contributed by atoms with E-state index in [0.717, 1.165) is 5.56 Å². The van der Waals surface area contributed by atoms with Crippen LogP contribution in [0.1, 0.15) is 5.56 Å². The summed E-state index contributed by atoms with van der Waals surface area (Å²) >= 11 is 15.3. The average molecular weight is 376 g/mol. The molecule has 0 aliphatic carbocycles. The predicted octanol–water partition coefficient (Wildman–Crippen LogP) is 5.28. The van der Waals surface area contributed by atoms with Gasteiger partial charge in [0.1, 0.15) is 0 Å². The first-order valence-corrected chi connectivity index (χ1v) is 7.14. The van der Waals surface area contributed by atoms with Gasteiger partial charge in [0.15, 0.2) is 0 Å². The summed E-state index contributed by atoms with van der Waals surface area (Å²) in [6.07, 6.45) is 0. The number of anilines is 1. The second-order valence-electron chi connectivity index (χ2n) is 3.98. The summed E-state index contributed by atoms with van der Waals surface area (Å²) in [6, 6.07) is 10.1. The first-order chi connectivity index (χ1) is 9.49. The number of nitro groups is 1. The van der Waals surface area contributed by atoms with Crippen molar-refractivity contribution in [1.82, 2.24) is 0 Å². The Balaban J connectivity index is 2.19. The highest BCUT2D eigenvalue weighted by Gasteiger charge is 2.12. The number of nitro benzene ring substituents is 1. The van der Waals surface area contributed by atoms with Gasteiger partial charge in [-0.3, -0.25) is 10.1 Å². The molecule has 0 spiro atoms. The fourth-order valence-electron chi connectivity index (χ4n) is 1.65. The highest BCUT2D eigenvalue weighted by molar-refractivity contribution is 9.10. The Hall–Kier alpha value is -1.30. The van der Waals surface area contributed by atoms with Gasteiger partial charge in [-0.25, -0.2) is 0 Å². The van der Waals surface area contributed by atoms with E-state index in [4.69, 9.17) is 23.2 Å². The summed E-state index contributed by atoms with van der Waals surface area (Å²) in [5.41, 5.74) is 1.37. The quantitative estimate of drug-likeness (QED) is 0.584. The lowest BCUT2D eigenvalue weighted by atomic mass is 10.2. The maximum atomic E-state index is 10.9. The molecule has 2 aromatic rings. The van der Waals surface area contributed by atoms with E-state index in [-0.39, 0.29) is 5.69 Å². The summed E-state index contributed by atoms with van der Waals surface area (Å²) in [7, 11) is 0. The molecule has 0 atom stereocenters. The number of nitrogens with zero attached hydrogens (tertiary/aromatic N) is 1. The summed E-state index contributed by atoms with van der Waals surface area (Å²) in [5, 5.41) is 15.0. The second-order valence-corrected chi connectivity index (χ2v) is 5.65. The third-order valence-electron chi connectivity index (χ3n) is 2.67. The smallest absolute Gasteiger partial charge is 0.285 e. The van der Waals surface area contributed by atoms with Gasteiger partial charge < -0.3 is 5.32 Å². The van der Waals surface area contributed by atoms with Crippen molar-refractivity contribution >= 4 is 50.5 Å². The van der Waals surface area contributed by atoms with Crippen LogP contribution in [0.4, 0.5) is 11.4 Å². The lowest BCUT2D eigenvalue weighted by Gasteiger charge is -2.10. The number of nitrogens with one attached hydrogen (secondary N) is 1. The molecule has 0 aliphatic heterocycles. The van der Waals surface area contributed by atoms with Crippen molar-refractivity contribution in [2.24, 2.45) is 0 Å². The van der Waals surface area contributed by atoms with Crippen molar-refractivity contribution in [3.05, 3.63) is 66.6 Å². The van der Waals surface area contributed by atoms with Gasteiger partial charge in [0.25, 0.3) is 5.69 Å². The summed E-state index contributed by atoms with van der Waals surface area (Å²) in [6.45, 7) is 0.386. The molecule has 0 heterocycles. The fourth-order valence-corrected chi connectivity index (χ4v) is 2.58. The first kappa shape index (κ1) is 15.1. The summed E-state index contributed by atoms with van der Waals surface area (Å²) in [4.78, 5) is 10.4. The third kappa shape index (κ3) is 3.42. The van der Waals surface area contributed by atoms with E-state index in [2.05, 4.69) is 21.2 Å². The van der Waals surface area contributed by atoms with Gasteiger partial charge in [0.2, 0.25) is 0 Å². The molecule has 2 aromatic carbocycles. The maximum Gasteiger partial charge on any atom is 0.285 e. The van der Waals surface area contributed by atoms with E-state index in [1.54, 1.807) is 30.3 Å². The van der Waals surface area contributed by atoms with Crippen LogP contribution in [0.25, 0.3) is 0 Å². The summed E-state index contributed by atoms with van der Waals surface area (Å²) < 4.78 is 0.434. The lowest BCUT2D eigenvalue weighted by molar-refractivity contribution is -0.385. The van der Waals surface area contributed by atoms with Gasteiger partial charge in [-0.1, -0.05) is 29.3 Å². The number of benzene rings is 2. The van der Waals surface area contributed by atoms with Crippen LogP contribution in [0, 0.1) is 10.1 Å². The van der Waals surface area contributed by atoms with Gasteiger partial charge in [-0.2, -0.15) is 0 Å². The number of rotatable bonds is 4. The molecule has 0 radical (unpaired) electrons. The van der Waals surface area contributed by atoms with E-state index in [0.29, 0.717) is 26.8 Å². The van der Waals surface area contributed by atoms with Gasteiger partial charge in [-0.05, 0) is 40.2 Å². The fraction of sp³-hybridized carbons (Fsp3) is 0.0769. The molecule has 0 bridgehead atoms. The molecule has 7 heteroatoms. The molecule has 0 aromatic heterocycles. The Morgan fingerprint density at radius 2 is 1.85 bits per heavy atom. The minimum Gasteiger partial charge on any atom is -0.381 e. The van der Waals surface area contributed by atoms with Gasteiger partial charge >= 0.3 is 0 Å². The zero-order valence-electron chi connectivity index (χ0n) is 10.1. The zero-order valence-corrected chi connectivity index (χ0v) is 13.2.